The van der Waals surface area contributed by atoms with Gasteiger partial charge in [0.25, 0.3) is 0 Å². The highest BCUT2D eigenvalue weighted by Gasteiger charge is 2.27. The van der Waals surface area contributed by atoms with Crippen LogP contribution in [0.5, 0.6) is 0 Å². The first kappa shape index (κ1) is 19.6. The van der Waals surface area contributed by atoms with Crippen molar-refractivity contribution in [3.8, 4) is 0 Å². The zero-order chi connectivity index (χ0) is 19.4. The summed E-state index contributed by atoms with van der Waals surface area (Å²) in [6, 6.07) is 5.70. The number of fused-ring (bicyclic) bond motifs is 1. The van der Waals surface area contributed by atoms with Crippen molar-refractivity contribution in [1.29, 1.82) is 0 Å². The first-order valence-electron chi connectivity index (χ1n) is 8.47. The molecular formula is C17H21N5O3S2. The van der Waals surface area contributed by atoms with Crippen LogP contribution in [0.15, 0.2) is 18.2 Å². The number of benzene rings is 1. The Morgan fingerprint density at radius 1 is 1.37 bits per heavy atom. The minimum absolute atomic E-state index is 0.130. The van der Waals surface area contributed by atoms with E-state index >= 15 is 0 Å². The average molecular weight is 408 g/mol. The van der Waals surface area contributed by atoms with Crippen LogP contribution in [0.25, 0.3) is 10.2 Å². The molecule has 1 aliphatic rings. The van der Waals surface area contributed by atoms with E-state index in [1.54, 1.807) is 7.05 Å². The fourth-order valence-corrected chi connectivity index (χ4v) is 4.56. The van der Waals surface area contributed by atoms with Crippen LogP contribution in [-0.2, 0) is 14.4 Å². The zero-order valence-corrected chi connectivity index (χ0v) is 16.6. The van der Waals surface area contributed by atoms with Gasteiger partial charge in [0.05, 0.1) is 16.0 Å². The Balaban J connectivity index is 1.51. The maximum atomic E-state index is 12.2. The highest BCUT2D eigenvalue weighted by Crippen LogP contribution is 2.26. The van der Waals surface area contributed by atoms with Crippen molar-refractivity contribution in [2.75, 3.05) is 18.1 Å². The summed E-state index contributed by atoms with van der Waals surface area (Å²) in [6.07, 6.45) is 0.458. The fraction of sp³-hybridized carbons (Fsp3) is 0.412. The number of thiazole rings is 1. The van der Waals surface area contributed by atoms with Crippen LogP contribution in [0, 0.1) is 6.92 Å². The number of aryl methyl sites for hydroxylation is 1. The van der Waals surface area contributed by atoms with Crippen molar-refractivity contribution in [2.24, 2.45) is 0 Å². The first-order chi connectivity index (χ1) is 12.9. The predicted molar refractivity (Wildman–Crippen MR) is 108 cm³/mol. The molecule has 3 amide bonds. The third kappa shape index (κ3) is 5.41. The van der Waals surface area contributed by atoms with Crippen LogP contribution in [0.2, 0.25) is 0 Å². The van der Waals surface area contributed by atoms with Gasteiger partial charge in [-0.05, 0) is 24.6 Å². The van der Waals surface area contributed by atoms with E-state index in [4.69, 9.17) is 0 Å². The number of rotatable bonds is 6. The van der Waals surface area contributed by atoms with Gasteiger partial charge in [0, 0.05) is 25.9 Å². The van der Waals surface area contributed by atoms with Gasteiger partial charge in [0.2, 0.25) is 17.7 Å². The topological polar surface area (TPSA) is 112 Å². The van der Waals surface area contributed by atoms with Crippen molar-refractivity contribution >= 4 is 56.2 Å². The van der Waals surface area contributed by atoms with Crippen molar-refractivity contribution in [3.05, 3.63) is 23.8 Å². The van der Waals surface area contributed by atoms with Gasteiger partial charge in [-0.15, -0.1) is 11.8 Å². The first-order valence-corrected chi connectivity index (χ1v) is 10.3. The number of hydrogen-bond acceptors (Lipinski definition) is 7. The lowest BCUT2D eigenvalue weighted by Gasteiger charge is -2.30. The zero-order valence-electron chi connectivity index (χ0n) is 15.0. The standard InChI is InChI=1S/C17H21N5O3S2/c1-9-3-4-11-12(5-9)27-17(20-11)22-15(25)8-26-16-19-10(6-13(23)18-2)7-14(24)21-16/h3-5,10,16,19H,6-8H2,1-2H3,(H,18,23)(H,21,24)(H,20,22,25). The molecule has 144 valence electrons. The van der Waals surface area contributed by atoms with Gasteiger partial charge in [-0.2, -0.15) is 0 Å². The molecule has 27 heavy (non-hydrogen) atoms. The summed E-state index contributed by atoms with van der Waals surface area (Å²) in [6.45, 7) is 2.01. The number of nitrogens with zero attached hydrogens (tertiary/aromatic N) is 1. The Labute approximate surface area is 164 Å². The number of carbonyl (C=O) groups is 3. The molecule has 1 aromatic heterocycles. The Bertz CT molecular complexity index is 869. The van der Waals surface area contributed by atoms with Crippen molar-refractivity contribution in [2.45, 2.75) is 31.3 Å². The molecule has 0 aliphatic carbocycles. The van der Waals surface area contributed by atoms with Gasteiger partial charge < -0.3 is 16.0 Å². The molecule has 8 nitrogen and oxygen atoms in total. The second-order valence-electron chi connectivity index (χ2n) is 6.24. The van der Waals surface area contributed by atoms with Gasteiger partial charge in [-0.1, -0.05) is 17.4 Å². The molecule has 0 spiro atoms. The Morgan fingerprint density at radius 3 is 2.96 bits per heavy atom. The number of aromatic nitrogens is 1. The highest BCUT2D eigenvalue weighted by atomic mass is 32.2. The maximum absolute atomic E-state index is 12.2. The fourth-order valence-electron chi connectivity index (χ4n) is 2.69. The molecule has 1 saturated heterocycles. The largest absolute Gasteiger partial charge is 0.359 e. The maximum Gasteiger partial charge on any atom is 0.236 e. The van der Waals surface area contributed by atoms with E-state index in [0.29, 0.717) is 5.13 Å². The summed E-state index contributed by atoms with van der Waals surface area (Å²) in [5.41, 5.74) is 1.58. The monoisotopic (exact) mass is 407 g/mol. The molecule has 0 saturated carbocycles. The Hall–Kier alpha value is -2.17. The molecule has 2 unspecified atom stereocenters. The molecule has 10 heteroatoms. The lowest BCUT2D eigenvalue weighted by Crippen LogP contribution is -2.55. The molecule has 4 N–H and O–H groups in total. The number of carbonyl (C=O) groups excluding carboxylic acids is 3. The van der Waals surface area contributed by atoms with Crippen LogP contribution >= 0.6 is 23.1 Å². The third-order valence-corrected chi connectivity index (χ3v) is 5.94. The van der Waals surface area contributed by atoms with Crippen molar-refractivity contribution < 1.29 is 14.4 Å². The van der Waals surface area contributed by atoms with E-state index in [-0.39, 0.29) is 42.4 Å². The Morgan fingerprint density at radius 2 is 2.19 bits per heavy atom. The normalized spacial score (nSPS) is 19.6. The van der Waals surface area contributed by atoms with Crippen LogP contribution in [0.1, 0.15) is 18.4 Å². The summed E-state index contributed by atoms with van der Waals surface area (Å²) in [5.74, 6) is -0.309. The molecule has 2 heterocycles. The minimum atomic E-state index is -0.412. The van der Waals surface area contributed by atoms with Gasteiger partial charge in [0.1, 0.15) is 5.50 Å². The summed E-state index contributed by atoms with van der Waals surface area (Å²) in [4.78, 5) is 39.9. The van der Waals surface area contributed by atoms with E-state index in [2.05, 4.69) is 26.3 Å². The van der Waals surface area contributed by atoms with E-state index in [1.807, 2.05) is 25.1 Å². The molecule has 1 aromatic carbocycles. The van der Waals surface area contributed by atoms with Gasteiger partial charge >= 0.3 is 0 Å². The number of nitrogens with one attached hydrogen (secondary N) is 4. The minimum Gasteiger partial charge on any atom is -0.359 e. The van der Waals surface area contributed by atoms with Crippen LogP contribution < -0.4 is 21.3 Å². The summed E-state index contributed by atoms with van der Waals surface area (Å²) < 4.78 is 1.02. The number of anilines is 1. The number of amides is 3. The third-order valence-electron chi connectivity index (χ3n) is 3.99. The number of thioether (sulfide) groups is 1. The lowest BCUT2D eigenvalue weighted by atomic mass is 10.1. The van der Waals surface area contributed by atoms with E-state index in [9.17, 15) is 14.4 Å². The van der Waals surface area contributed by atoms with E-state index in [1.165, 1.54) is 23.1 Å². The van der Waals surface area contributed by atoms with Gasteiger partial charge in [-0.3, -0.25) is 19.7 Å². The quantitative estimate of drug-likeness (QED) is 0.572. The molecule has 2 atom stereocenters. The van der Waals surface area contributed by atoms with Crippen molar-refractivity contribution in [3.63, 3.8) is 0 Å². The van der Waals surface area contributed by atoms with Gasteiger partial charge in [0.15, 0.2) is 5.13 Å². The van der Waals surface area contributed by atoms with Crippen LogP contribution in [0.4, 0.5) is 5.13 Å². The van der Waals surface area contributed by atoms with E-state index < -0.39 is 5.50 Å². The smallest absolute Gasteiger partial charge is 0.236 e. The summed E-state index contributed by atoms with van der Waals surface area (Å²) >= 11 is 2.70. The molecule has 2 aromatic rings. The van der Waals surface area contributed by atoms with Crippen LogP contribution in [0.3, 0.4) is 0 Å². The molecule has 3 rings (SSSR count). The van der Waals surface area contributed by atoms with Crippen molar-refractivity contribution in [1.82, 2.24) is 20.9 Å². The van der Waals surface area contributed by atoms with E-state index in [0.717, 1.165) is 15.8 Å². The number of hydrogen-bond donors (Lipinski definition) is 4. The SMILES string of the molecule is CNC(=O)CC1CC(=O)NC(SCC(=O)Nc2nc3ccc(C)cc3s2)N1. The highest BCUT2D eigenvalue weighted by molar-refractivity contribution is 8.00. The summed E-state index contributed by atoms with van der Waals surface area (Å²) in [5, 5.41) is 11.8. The van der Waals surface area contributed by atoms with Crippen LogP contribution in [-0.4, -0.2) is 47.0 Å². The molecule has 0 bridgehead atoms. The summed E-state index contributed by atoms with van der Waals surface area (Å²) in [7, 11) is 1.56. The predicted octanol–water partition coefficient (Wildman–Crippen LogP) is 1.17. The molecular weight excluding hydrogens is 386 g/mol. The average Bonchev–Trinajstić information content (AvgIpc) is 3.00. The second kappa shape index (κ2) is 8.68. The second-order valence-corrected chi connectivity index (χ2v) is 8.37. The molecule has 1 aliphatic heterocycles. The molecule has 0 radical (unpaired) electrons. The molecule has 1 fully saturated rings. The lowest BCUT2D eigenvalue weighted by molar-refractivity contribution is -0.125. The van der Waals surface area contributed by atoms with Gasteiger partial charge in [-0.25, -0.2) is 4.98 Å². The Kier molecular flexibility index (Phi) is 6.30.